The zero-order valence-corrected chi connectivity index (χ0v) is 17.6. The fourth-order valence-electron chi connectivity index (χ4n) is 4.88. The topological polar surface area (TPSA) is 103 Å². The van der Waals surface area contributed by atoms with Crippen LogP contribution in [0.5, 0.6) is 0 Å². The van der Waals surface area contributed by atoms with Gasteiger partial charge in [0.1, 0.15) is 12.9 Å². The Morgan fingerprint density at radius 1 is 1.12 bits per heavy atom. The Morgan fingerprint density at radius 3 is 2.94 bits per heavy atom. The zero-order chi connectivity index (χ0) is 21.2. The molecule has 10 heteroatoms. The van der Waals surface area contributed by atoms with Crippen LogP contribution in [0.2, 0.25) is 0 Å². The first-order valence-electron chi connectivity index (χ1n) is 10.5. The van der Waals surface area contributed by atoms with Crippen molar-refractivity contribution in [1.82, 2.24) is 29.7 Å². The number of rotatable bonds is 4. The maximum atomic E-state index is 12.7. The minimum absolute atomic E-state index is 0.167. The summed E-state index contributed by atoms with van der Waals surface area (Å²) in [5, 5.41) is 4.70. The molecule has 1 aromatic carbocycles. The Hall–Kier alpha value is -3.66. The highest BCUT2D eigenvalue weighted by molar-refractivity contribution is 7.16. The molecule has 0 radical (unpaired) electrons. The molecule has 4 aromatic heterocycles. The van der Waals surface area contributed by atoms with Crippen LogP contribution in [-0.2, 0) is 6.54 Å². The van der Waals surface area contributed by atoms with Gasteiger partial charge in [0.2, 0.25) is 5.89 Å². The molecule has 0 spiro atoms. The number of thiazole rings is 1. The van der Waals surface area contributed by atoms with Crippen LogP contribution in [0.1, 0.15) is 17.6 Å². The summed E-state index contributed by atoms with van der Waals surface area (Å²) in [7, 11) is 0. The molecule has 2 unspecified atom stereocenters. The molecule has 9 nitrogen and oxygen atoms in total. The molecule has 158 valence electrons. The van der Waals surface area contributed by atoms with E-state index in [2.05, 4.69) is 48.2 Å². The van der Waals surface area contributed by atoms with Gasteiger partial charge in [-0.1, -0.05) is 5.16 Å². The summed E-state index contributed by atoms with van der Waals surface area (Å²) in [6.45, 7) is 2.18. The van der Waals surface area contributed by atoms with Crippen molar-refractivity contribution in [3.63, 3.8) is 0 Å². The molecule has 0 bridgehead atoms. The molecule has 32 heavy (non-hydrogen) atoms. The van der Waals surface area contributed by atoms with Gasteiger partial charge in [-0.15, -0.1) is 11.3 Å². The number of anilines is 1. The summed E-state index contributed by atoms with van der Waals surface area (Å²) >= 11 is 1.67. The molecule has 1 saturated heterocycles. The summed E-state index contributed by atoms with van der Waals surface area (Å²) in [6.07, 6.45) is 3.10. The van der Waals surface area contributed by atoms with Crippen LogP contribution in [-0.4, -0.2) is 42.7 Å². The van der Waals surface area contributed by atoms with E-state index in [9.17, 15) is 4.79 Å². The first-order chi connectivity index (χ1) is 15.7. The largest absolute Gasteiger partial charge is 0.371 e. The summed E-state index contributed by atoms with van der Waals surface area (Å²) in [5.74, 6) is 2.56. The van der Waals surface area contributed by atoms with E-state index in [1.54, 1.807) is 29.7 Å². The fraction of sp³-hybridized carbons (Fsp3) is 0.273. The van der Waals surface area contributed by atoms with Gasteiger partial charge in [0.15, 0.2) is 11.5 Å². The third-order valence-electron chi connectivity index (χ3n) is 6.56. The number of pyridine rings is 1. The number of aromatic nitrogens is 6. The second-order valence-electron chi connectivity index (χ2n) is 8.36. The number of benzene rings is 1. The monoisotopic (exact) mass is 443 g/mol. The molecule has 5 heterocycles. The molecule has 2 aliphatic rings. The number of fused-ring (bicyclic) bond motifs is 3. The lowest BCUT2D eigenvalue weighted by atomic mass is 10.2. The first-order valence-corrected chi connectivity index (χ1v) is 11.3. The van der Waals surface area contributed by atoms with E-state index in [-0.39, 0.29) is 12.1 Å². The fourth-order valence-corrected chi connectivity index (χ4v) is 5.60. The maximum absolute atomic E-state index is 12.7. The lowest BCUT2D eigenvalue weighted by Crippen LogP contribution is -2.23. The van der Waals surface area contributed by atoms with Crippen molar-refractivity contribution in [2.45, 2.75) is 12.5 Å². The van der Waals surface area contributed by atoms with Crippen molar-refractivity contribution in [1.29, 1.82) is 0 Å². The van der Waals surface area contributed by atoms with Crippen LogP contribution >= 0.6 is 11.3 Å². The Bertz CT molecular complexity index is 1530. The highest BCUT2D eigenvalue weighted by atomic mass is 32.1. The molecular formula is C22H17N7O2S. The minimum Gasteiger partial charge on any atom is -0.371 e. The van der Waals surface area contributed by atoms with Gasteiger partial charge >= 0.3 is 0 Å². The Morgan fingerprint density at radius 2 is 2.03 bits per heavy atom. The lowest BCUT2D eigenvalue weighted by Gasteiger charge is -2.21. The van der Waals surface area contributed by atoms with Gasteiger partial charge in [-0.25, -0.2) is 15.0 Å². The molecule has 2 atom stereocenters. The number of hydrogen-bond acceptors (Lipinski definition) is 9. The molecule has 2 fully saturated rings. The average Bonchev–Trinajstić information content (AvgIpc) is 3.30. The van der Waals surface area contributed by atoms with E-state index in [0.29, 0.717) is 34.7 Å². The van der Waals surface area contributed by atoms with Crippen molar-refractivity contribution < 1.29 is 4.52 Å². The zero-order valence-electron chi connectivity index (χ0n) is 16.8. The summed E-state index contributed by atoms with van der Waals surface area (Å²) < 4.78 is 8.17. The lowest BCUT2D eigenvalue weighted by molar-refractivity contribution is 0.363. The summed E-state index contributed by atoms with van der Waals surface area (Å²) in [5.41, 5.74) is 4.46. The first kappa shape index (κ1) is 18.0. The molecule has 7 rings (SSSR count). The van der Waals surface area contributed by atoms with Gasteiger partial charge in [-0.05, 0) is 42.2 Å². The van der Waals surface area contributed by atoms with Crippen molar-refractivity contribution in [2.24, 2.45) is 11.8 Å². The summed E-state index contributed by atoms with van der Waals surface area (Å²) in [6, 6.07) is 9.92. The van der Waals surface area contributed by atoms with Gasteiger partial charge in [0.05, 0.1) is 21.1 Å². The minimum atomic E-state index is -0.167. The number of hydrogen-bond donors (Lipinski definition) is 0. The number of nitrogens with zero attached hydrogens (tertiary/aromatic N) is 7. The molecule has 5 aromatic rings. The molecular weight excluding hydrogens is 426 g/mol. The quantitative estimate of drug-likeness (QED) is 0.418. The van der Waals surface area contributed by atoms with Crippen molar-refractivity contribution in [3.8, 4) is 0 Å². The van der Waals surface area contributed by atoms with E-state index < -0.39 is 0 Å². The van der Waals surface area contributed by atoms with Crippen molar-refractivity contribution in [3.05, 3.63) is 70.4 Å². The predicted molar refractivity (Wildman–Crippen MR) is 119 cm³/mol. The molecule has 1 aliphatic heterocycles. The van der Waals surface area contributed by atoms with E-state index in [1.807, 2.05) is 5.51 Å². The van der Waals surface area contributed by atoms with Crippen LogP contribution in [0.3, 0.4) is 0 Å². The second-order valence-corrected chi connectivity index (χ2v) is 9.25. The van der Waals surface area contributed by atoms with Crippen LogP contribution < -0.4 is 10.5 Å². The molecule has 1 aliphatic carbocycles. The van der Waals surface area contributed by atoms with Gasteiger partial charge in [-0.2, -0.15) is 4.98 Å². The highest BCUT2D eigenvalue weighted by Gasteiger charge is 2.58. The van der Waals surface area contributed by atoms with E-state index in [1.165, 1.54) is 21.3 Å². The standard InChI is InChI=1S/C22H17N7O2S/c30-22-13-2-1-5-23-20(13)24-10-29(22)9-18-26-21(27-31-18)19-14-7-28(8-15(14)19)12-3-4-16-17(6-12)32-11-25-16/h1-6,10-11,14-15,19H,7-9H2. The van der Waals surface area contributed by atoms with Gasteiger partial charge in [0, 0.05) is 30.9 Å². The van der Waals surface area contributed by atoms with Crippen molar-refractivity contribution >= 4 is 38.3 Å². The second kappa shape index (κ2) is 6.67. The van der Waals surface area contributed by atoms with Gasteiger partial charge in [0.25, 0.3) is 5.56 Å². The van der Waals surface area contributed by atoms with Crippen LogP contribution in [0, 0.1) is 11.8 Å². The third kappa shape index (κ3) is 2.76. The Kier molecular flexibility index (Phi) is 3.74. The molecule has 0 N–H and O–H groups in total. The SMILES string of the molecule is O=c1c2cccnc2ncn1Cc1nc(C2C3CN(c4ccc5ncsc5c4)CC32)no1. The normalized spacial score (nSPS) is 22.0. The third-order valence-corrected chi connectivity index (χ3v) is 7.35. The van der Waals surface area contributed by atoms with E-state index in [4.69, 9.17) is 4.52 Å². The van der Waals surface area contributed by atoms with Crippen LogP contribution in [0.15, 0.2) is 57.7 Å². The van der Waals surface area contributed by atoms with Crippen LogP contribution in [0.4, 0.5) is 5.69 Å². The number of piperidine rings is 1. The van der Waals surface area contributed by atoms with Crippen LogP contribution in [0.25, 0.3) is 21.3 Å². The highest BCUT2D eigenvalue weighted by Crippen LogP contribution is 2.58. The Labute approximate surface area is 185 Å². The smallest absolute Gasteiger partial charge is 0.263 e. The van der Waals surface area contributed by atoms with E-state index >= 15 is 0 Å². The van der Waals surface area contributed by atoms with E-state index in [0.717, 1.165) is 24.4 Å². The maximum Gasteiger partial charge on any atom is 0.263 e. The van der Waals surface area contributed by atoms with Crippen molar-refractivity contribution in [2.75, 3.05) is 18.0 Å². The Balaban J connectivity index is 1.06. The van der Waals surface area contributed by atoms with Gasteiger partial charge in [-0.3, -0.25) is 9.36 Å². The molecule has 0 amide bonds. The van der Waals surface area contributed by atoms with Gasteiger partial charge < -0.3 is 9.42 Å². The summed E-state index contributed by atoms with van der Waals surface area (Å²) in [4.78, 5) is 32.4. The average molecular weight is 443 g/mol. The molecule has 1 saturated carbocycles. The predicted octanol–water partition coefficient (Wildman–Crippen LogP) is 2.68.